The number of nitrogens with one attached hydrogen (secondary N) is 2. The zero-order valence-electron chi connectivity index (χ0n) is 25.6. The van der Waals surface area contributed by atoms with E-state index in [2.05, 4.69) is 38.3 Å². The van der Waals surface area contributed by atoms with Crippen molar-refractivity contribution in [2.45, 2.75) is 86.0 Å². The van der Waals surface area contributed by atoms with Gasteiger partial charge < -0.3 is 20.8 Å². The third-order valence-corrected chi connectivity index (χ3v) is 7.57. The lowest BCUT2D eigenvalue weighted by Crippen LogP contribution is -2.52. The van der Waals surface area contributed by atoms with E-state index in [9.17, 15) is 24.6 Å². The molecule has 2 rings (SSSR count). The minimum absolute atomic E-state index is 0.00152. The number of amides is 3. The summed E-state index contributed by atoms with van der Waals surface area (Å²) in [6.07, 6.45) is -2.05. The van der Waals surface area contributed by atoms with Gasteiger partial charge in [-0.2, -0.15) is 0 Å². The maximum absolute atomic E-state index is 13.4. The lowest BCUT2D eigenvalue weighted by Gasteiger charge is -2.34. The number of nitrogens with zero attached hydrogens (tertiary/aromatic N) is 1. The first-order valence-corrected chi connectivity index (χ1v) is 14.5. The van der Waals surface area contributed by atoms with Crippen molar-refractivity contribution in [2.75, 3.05) is 6.54 Å². The van der Waals surface area contributed by atoms with Crippen LogP contribution in [0.1, 0.15) is 66.0 Å². The number of hydrogen-bond acceptors (Lipinski definition) is 4. The van der Waals surface area contributed by atoms with E-state index in [1.165, 1.54) is 4.90 Å². The van der Waals surface area contributed by atoms with Crippen LogP contribution in [0.5, 0.6) is 0 Å². The molecule has 0 unspecified atom stereocenters. The fourth-order valence-electron chi connectivity index (χ4n) is 5.21. The summed E-state index contributed by atoms with van der Waals surface area (Å²) in [5, 5.41) is 27.4. The molecule has 0 bridgehead atoms. The quantitative estimate of drug-likeness (QED) is 0.253. The predicted octanol–water partition coefficient (Wildman–Crippen LogP) is 5.10. The normalized spacial score (nSPS) is 14.0. The van der Waals surface area contributed by atoms with Crippen LogP contribution in [-0.4, -0.2) is 57.8 Å². The minimum Gasteiger partial charge on any atom is -0.465 e. The fourth-order valence-corrected chi connectivity index (χ4v) is 5.21. The summed E-state index contributed by atoms with van der Waals surface area (Å²) in [6, 6.07) is 17.8. The average Bonchev–Trinajstić information content (AvgIpc) is 2.90. The van der Waals surface area contributed by atoms with Crippen molar-refractivity contribution in [3.8, 4) is 0 Å². The van der Waals surface area contributed by atoms with E-state index < -0.39 is 29.6 Å². The Kier molecular flexibility index (Phi) is 12.8. The van der Waals surface area contributed by atoms with Gasteiger partial charge in [0.25, 0.3) is 0 Å². The smallest absolute Gasteiger partial charge is 0.407 e. The Morgan fingerprint density at radius 2 is 1.37 bits per heavy atom. The number of benzene rings is 2. The van der Waals surface area contributed by atoms with Gasteiger partial charge in [0.15, 0.2) is 0 Å². The molecule has 0 spiro atoms. The Morgan fingerprint density at radius 3 is 1.83 bits per heavy atom. The van der Waals surface area contributed by atoms with Gasteiger partial charge in [-0.1, -0.05) is 109 Å². The average molecular weight is 568 g/mol. The second-order valence-corrected chi connectivity index (χ2v) is 12.7. The number of carbonyl (C=O) groups excluding carboxylic acids is 2. The molecule has 0 fully saturated rings. The predicted molar refractivity (Wildman–Crippen MR) is 162 cm³/mol. The second kappa shape index (κ2) is 15.6. The largest absolute Gasteiger partial charge is 0.465 e. The molecular formula is C33H49N3O5. The molecule has 3 atom stereocenters. The molecule has 0 radical (unpaired) electrons. The zero-order chi connectivity index (χ0) is 30.7. The lowest BCUT2D eigenvalue weighted by atomic mass is 9.77. The van der Waals surface area contributed by atoms with Crippen LogP contribution < -0.4 is 10.6 Å². The van der Waals surface area contributed by atoms with Gasteiger partial charge in [-0.15, -0.1) is 0 Å². The third-order valence-electron chi connectivity index (χ3n) is 7.57. The van der Waals surface area contributed by atoms with Crippen LogP contribution in [0.15, 0.2) is 60.7 Å². The molecule has 2 aromatic carbocycles. The maximum atomic E-state index is 13.4. The molecule has 0 heterocycles. The number of rotatable bonds is 14. The van der Waals surface area contributed by atoms with Crippen LogP contribution in [0.4, 0.5) is 4.79 Å². The number of aliphatic hydroxyl groups excluding tert-OH is 1. The van der Waals surface area contributed by atoms with Crippen molar-refractivity contribution in [1.82, 2.24) is 15.5 Å². The Labute approximate surface area is 245 Å². The maximum Gasteiger partial charge on any atom is 0.407 e. The number of hydrogen-bond donors (Lipinski definition) is 4. The van der Waals surface area contributed by atoms with E-state index in [0.29, 0.717) is 0 Å². The molecule has 226 valence electrons. The molecule has 41 heavy (non-hydrogen) atoms. The summed E-state index contributed by atoms with van der Waals surface area (Å²) in [7, 11) is 0. The van der Waals surface area contributed by atoms with Gasteiger partial charge >= 0.3 is 6.09 Å². The van der Waals surface area contributed by atoms with Crippen molar-refractivity contribution in [1.29, 1.82) is 0 Å². The summed E-state index contributed by atoms with van der Waals surface area (Å²) < 4.78 is 0. The molecule has 4 N–H and O–H groups in total. The number of carboxylic acid groups (broad SMARTS) is 1. The molecular weight excluding hydrogens is 518 g/mol. The van der Waals surface area contributed by atoms with Crippen LogP contribution in [0.25, 0.3) is 0 Å². The van der Waals surface area contributed by atoms with Gasteiger partial charge in [-0.05, 0) is 34.8 Å². The molecule has 0 saturated carbocycles. The summed E-state index contributed by atoms with van der Waals surface area (Å²) in [5.74, 6) is -0.658. The van der Waals surface area contributed by atoms with Crippen molar-refractivity contribution in [2.24, 2.45) is 23.2 Å². The lowest BCUT2D eigenvalue weighted by molar-refractivity contribution is -0.134. The highest BCUT2D eigenvalue weighted by Gasteiger charge is 2.36. The van der Waals surface area contributed by atoms with Crippen LogP contribution >= 0.6 is 0 Å². The van der Waals surface area contributed by atoms with Gasteiger partial charge in [-0.25, -0.2) is 4.79 Å². The van der Waals surface area contributed by atoms with Gasteiger partial charge in [0.2, 0.25) is 11.8 Å². The first kappa shape index (κ1) is 33.8. The van der Waals surface area contributed by atoms with E-state index in [1.54, 1.807) is 0 Å². The SMILES string of the molecule is CC(C)C(NC(=O)C[C@@H](C(=O)NC[C@@H](O)[C@H](Cc1ccccc1)N(Cc1ccccc1)C(=O)O)C(C)(C)C)C(C)C. The Hall–Kier alpha value is -3.39. The van der Waals surface area contributed by atoms with Gasteiger partial charge in [0, 0.05) is 25.6 Å². The van der Waals surface area contributed by atoms with Crippen LogP contribution in [0, 0.1) is 23.2 Å². The van der Waals surface area contributed by atoms with Gasteiger partial charge in [0.05, 0.1) is 18.1 Å². The van der Waals surface area contributed by atoms with E-state index in [-0.39, 0.29) is 55.6 Å². The molecule has 3 amide bonds. The molecule has 0 aliphatic rings. The monoisotopic (exact) mass is 567 g/mol. The Balaban J connectivity index is 2.21. The molecule has 0 aliphatic heterocycles. The minimum atomic E-state index is -1.18. The van der Waals surface area contributed by atoms with Crippen LogP contribution in [0.2, 0.25) is 0 Å². The van der Waals surface area contributed by atoms with Gasteiger partial charge in [0.1, 0.15) is 0 Å². The van der Waals surface area contributed by atoms with E-state index >= 15 is 0 Å². The standard InChI is InChI=1S/C33H49N3O5/c1-22(2)30(23(3)4)35-29(38)19-26(33(5,6)7)31(39)34-20-28(37)27(18-24-14-10-8-11-15-24)36(32(40)41)21-25-16-12-9-13-17-25/h8-17,22-23,26-28,30,37H,18-21H2,1-7H3,(H,34,39)(H,35,38)(H,40,41)/t26-,27-,28+/m0/s1. The van der Waals surface area contributed by atoms with Crippen molar-refractivity contribution < 1.29 is 24.6 Å². The first-order chi connectivity index (χ1) is 19.2. The van der Waals surface area contributed by atoms with Crippen LogP contribution in [-0.2, 0) is 22.6 Å². The second-order valence-electron chi connectivity index (χ2n) is 12.7. The van der Waals surface area contributed by atoms with Crippen molar-refractivity contribution in [3.05, 3.63) is 71.8 Å². The topological polar surface area (TPSA) is 119 Å². The van der Waals surface area contributed by atoms with Crippen molar-refractivity contribution >= 4 is 17.9 Å². The molecule has 2 aromatic rings. The molecule has 8 nitrogen and oxygen atoms in total. The summed E-state index contributed by atoms with van der Waals surface area (Å²) in [6.45, 7) is 13.9. The van der Waals surface area contributed by atoms with Gasteiger partial charge in [-0.3, -0.25) is 14.5 Å². The van der Waals surface area contributed by atoms with E-state index in [4.69, 9.17) is 0 Å². The number of carbonyl (C=O) groups is 3. The van der Waals surface area contributed by atoms with E-state index in [1.807, 2.05) is 81.4 Å². The molecule has 0 aromatic heterocycles. The highest BCUT2D eigenvalue weighted by molar-refractivity contribution is 5.86. The molecule has 8 heteroatoms. The highest BCUT2D eigenvalue weighted by atomic mass is 16.4. The highest BCUT2D eigenvalue weighted by Crippen LogP contribution is 2.29. The summed E-state index contributed by atoms with van der Waals surface area (Å²) in [4.78, 5) is 40.1. The molecule has 0 saturated heterocycles. The Bertz CT molecular complexity index is 1090. The molecule has 0 aliphatic carbocycles. The summed E-state index contributed by atoms with van der Waals surface area (Å²) >= 11 is 0. The summed E-state index contributed by atoms with van der Waals surface area (Å²) in [5.41, 5.74) is 1.15. The Morgan fingerprint density at radius 1 is 0.854 bits per heavy atom. The first-order valence-electron chi connectivity index (χ1n) is 14.5. The fraction of sp³-hybridized carbons (Fsp3) is 0.545. The van der Waals surface area contributed by atoms with Crippen molar-refractivity contribution in [3.63, 3.8) is 0 Å². The number of aliphatic hydroxyl groups is 1. The third kappa shape index (κ3) is 10.8. The zero-order valence-corrected chi connectivity index (χ0v) is 25.6. The van der Waals surface area contributed by atoms with Crippen LogP contribution in [0.3, 0.4) is 0 Å². The van der Waals surface area contributed by atoms with E-state index in [0.717, 1.165) is 11.1 Å².